The lowest BCUT2D eigenvalue weighted by Gasteiger charge is -2.18. The van der Waals surface area contributed by atoms with E-state index in [-0.39, 0.29) is 31.1 Å². The van der Waals surface area contributed by atoms with Crippen molar-refractivity contribution in [3.05, 3.63) is 122 Å². The molecule has 0 aromatic carbocycles. The molecule has 0 saturated carbocycles. The molecule has 0 saturated heterocycles. The van der Waals surface area contributed by atoms with Crippen molar-refractivity contribution >= 4 is 17.9 Å². The van der Waals surface area contributed by atoms with Gasteiger partial charge in [-0.2, -0.15) is 0 Å². The van der Waals surface area contributed by atoms with Gasteiger partial charge in [0.15, 0.2) is 6.10 Å². The third-order valence-corrected chi connectivity index (χ3v) is 13.0. The molecule has 1 unspecified atom stereocenters. The quantitative estimate of drug-likeness (QED) is 0.0261. The van der Waals surface area contributed by atoms with E-state index in [0.29, 0.717) is 19.3 Å². The molecule has 6 nitrogen and oxygen atoms in total. The van der Waals surface area contributed by atoms with Crippen LogP contribution in [0.1, 0.15) is 278 Å². The van der Waals surface area contributed by atoms with E-state index in [4.69, 9.17) is 14.2 Å². The van der Waals surface area contributed by atoms with Crippen LogP contribution < -0.4 is 0 Å². The van der Waals surface area contributed by atoms with Crippen LogP contribution in [0.5, 0.6) is 0 Å². The van der Waals surface area contributed by atoms with Gasteiger partial charge in [-0.15, -0.1) is 0 Å². The summed E-state index contributed by atoms with van der Waals surface area (Å²) < 4.78 is 16.9. The second-order valence-electron chi connectivity index (χ2n) is 20.2. The fraction of sp³-hybridized carbons (Fsp3) is 0.667. The van der Waals surface area contributed by atoms with Gasteiger partial charge in [-0.1, -0.05) is 271 Å². The zero-order chi connectivity index (χ0) is 54.3. The largest absolute Gasteiger partial charge is 0.462 e. The fourth-order valence-corrected chi connectivity index (χ4v) is 8.38. The van der Waals surface area contributed by atoms with E-state index in [1.165, 1.54) is 96.3 Å². The Morgan fingerprint density at radius 3 is 0.813 bits per heavy atom. The minimum atomic E-state index is -0.791. The highest BCUT2D eigenvalue weighted by atomic mass is 16.6. The van der Waals surface area contributed by atoms with Crippen molar-refractivity contribution in [2.24, 2.45) is 0 Å². The zero-order valence-corrected chi connectivity index (χ0v) is 48.8. The molecule has 0 fully saturated rings. The highest BCUT2D eigenvalue weighted by Gasteiger charge is 2.19. The van der Waals surface area contributed by atoms with E-state index in [2.05, 4.69) is 142 Å². The average molecular weight is 1040 g/mol. The van der Waals surface area contributed by atoms with E-state index in [9.17, 15) is 14.4 Å². The van der Waals surface area contributed by atoms with Gasteiger partial charge >= 0.3 is 17.9 Å². The van der Waals surface area contributed by atoms with Gasteiger partial charge in [-0.25, -0.2) is 0 Å². The zero-order valence-electron chi connectivity index (χ0n) is 48.8. The smallest absolute Gasteiger partial charge is 0.306 e. The Hall–Kier alpha value is -4.19. The monoisotopic (exact) mass is 1040 g/mol. The number of hydrogen-bond acceptors (Lipinski definition) is 6. The average Bonchev–Trinajstić information content (AvgIpc) is 3.41. The van der Waals surface area contributed by atoms with Crippen molar-refractivity contribution in [3.63, 3.8) is 0 Å². The van der Waals surface area contributed by atoms with E-state index in [1.807, 2.05) is 0 Å². The number of carbonyl (C=O) groups is 3. The predicted molar refractivity (Wildman–Crippen MR) is 325 cm³/mol. The molecule has 1 atom stereocenters. The number of allylic oxidation sites excluding steroid dienone is 20. The van der Waals surface area contributed by atoms with Crippen LogP contribution in [-0.2, 0) is 28.6 Å². The summed E-state index contributed by atoms with van der Waals surface area (Å²) in [5.74, 6) is -0.907. The number of ether oxygens (including phenoxy) is 3. The number of unbranched alkanes of at least 4 members (excludes halogenated alkanes) is 24. The third kappa shape index (κ3) is 60.6. The number of hydrogen-bond donors (Lipinski definition) is 0. The maximum Gasteiger partial charge on any atom is 0.306 e. The molecule has 0 aliphatic rings. The molecule has 0 N–H and O–H groups in total. The Labute approximate surface area is 462 Å². The van der Waals surface area contributed by atoms with Crippen molar-refractivity contribution in [1.29, 1.82) is 0 Å². The molecular formula is C69H114O6. The van der Waals surface area contributed by atoms with Crippen LogP contribution >= 0.6 is 0 Å². The first-order valence-electron chi connectivity index (χ1n) is 31.0. The molecule has 0 radical (unpaired) electrons. The maximum absolute atomic E-state index is 12.9. The van der Waals surface area contributed by atoms with Crippen molar-refractivity contribution in [2.45, 2.75) is 284 Å². The Kier molecular flexibility index (Phi) is 58.9. The minimum absolute atomic E-state index is 0.0868. The lowest BCUT2D eigenvalue weighted by Crippen LogP contribution is -2.30. The summed E-state index contributed by atoms with van der Waals surface area (Å²) in [5.41, 5.74) is 0. The standard InChI is InChI=1S/C69H114O6/c1-4-7-10-13-16-19-22-24-26-28-30-31-32-33-34-35-36-37-39-40-42-44-47-50-53-56-59-62-68(71)74-65-66(64-73-67(70)61-58-55-52-49-46-21-18-15-12-9-6-3)75-69(72)63-60-57-54-51-48-45-43-41-38-29-27-25-23-20-17-14-11-8-5-2/h7-8,10-11,16-17,19-20,24-27,30-31,33-34,36-38,41,66H,4-6,9,12-15,18,21-23,28-29,32,35,39-40,42-65H2,1-3H3/b10-7-,11-8-,19-16-,20-17-,26-24-,27-25-,31-30-,34-33-,37-36-,41-38-. The van der Waals surface area contributed by atoms with Gasteiger partial charge in [0.1, 0.15) is 13.2 Å². The van der Waals surface area contributed by atoms with Crippen molar-refractivity contribution in [3.8, 4) is 0 Å². The summed E-state index contributed by atoms with van der Waals surface area (Å²) in [6, 6.07) is 0. The van der Waals surface area contributed by atoms with Gasteiger partial charge in [0, 0.05) is 19.3 Å². The molecule has 6 heteroatoms. The van der Waals surface area contributed by atoms with Crippen LogP contribution in [0.2, 0.25) is 0 Å². The van der Waals surface area contributed by atoms with Gasteiger partial charge in [0.2, 0.25) is 0 Å². The Morgan fingerprint density at radius 1 is 0.280 bits per heavy atom. The van der Waals surface area contributed by atoms with Crippen molar-refractivity contribution < 1.29 is 28.6 Å². The minimum Gasteiger partial charge on any atom is -0.462 e. The molecule has 0 heterocycles. The normalized spacial score (nSPS) is 12.9. The Balaban J connectivity index is 4.33. The molecule has 0 aromatic heterocycles. The predicted octanol–water partition coefficient (Wildman–Crippen LogP) is 21.2. The van der Waals surface area contributed by atoms with Crippen LogP contribution in [0, 0.1) is 0 Å². The molecule has 0 amide bonds. The van der Waals surface area contributed by atoms with Crippen molar-refractivity contribution in [1.82, 2.24) is 0 Å². The first-order chi connectivity index (χ1) is 37.0. The van der Waals surface area contributed by atoms with Gasteiger partial charge in [0.25, 0.3) is 0 Å². The summed E-state index contributed by atoms with van der Waals surface area (Å²) in [5, 5.41) is 0. The lowest BCUT2D eigenvalue weighted by atomic mass is 10.1. The van der Waals surface area contributed by atoms with Gasteiger partial charge in [0.05, 0.1) is 0 Å². The molecule has 0 aliphatic heterocycles. The second-order valence-corrected chi connectivity index (χ2v) is 20.2. The molecule has 0 spiro atoms. The Morgan fingerprint density at radius 2 is 0.520 bits per heavy atom. The number of carbonyl (C=O) groups excluding carboxylic acids is 3. The molecule has 0 bridgehead atoms. The Bertz CT molecular complexity index is 1570. The molecular weight excluding hydrogens is 925 g/mol. The fourth-order valence-electron chi connectivity index (χ4n) is 8.38. The lowest BCUT2D eigenvalue weighted by molar-refractivity contribution is -0.167. The van der Waals surface area contributed by atoms with Crippen LogP contribution in [0.15, 0.2) is 122 Å². The van der Waals surface area contributed by atoms with E-state index in [1.54, 1.807) is 0 Å². The van der Waals surface area contributed by atoms with E-state index < -0.39 is 6.10 Å². The highest BCUT2D eigenvalue weighted by molar-refractivity contribution is 5.71. The molecule has 0 rings (SSSR count). The summed E-state index contributed by atoms with van der Waals surface area (Å²) in [6.45, 7) is 6.40. The van der Waals surface area contributed by atoms with E-state index in [0.717, 1.165) is 141 Å². The van der Waals surface area contributed by atoms with Gasteiger partial charge < -0.3 is 14.2 Å². The first kappa shape index (κ1) is 70.8. The first-order valence-corrected chi connectivity index (χ1v) is 31.0. The summed E-state index contributed by atoms with van der Waals surface area (Å²) in [7, 11) is 0. The van der Waals surface area contributed by atoms with Gasteiger partial charge in [-0.3, -0.25) is 14.4 Å². The SMILES string of the molecule is CC/C=C\C/C=C\C/C=C\C/C=C\C/C=C\C/C=C\CCCCCCCCCCC(=O)OCC(COC(=O)CCCCCCCCCCCCC)OC(=O)CCCCCCCC/C=C\C/C=C\C/C=C\C/C=C\CC. The summed E-state index contributed by atoms with van der Waals surface area (Å²) in [4.78, 5) is 38.2. The maximum atomic E-state index is 12.9. The van der Waals surface area contributed by atoms with Crippen molar-refractivity contribution in [2.75, 3.05) is 13.2 Å². The molecule has 426 valence electrons. The second kappa shape index (κ2) is 62.4. The third-order valence-electron chi connectivity index (χ3n) is 13.0. The van der Waals surface area contributed by atoms with Crippen LogP contribution in [-0.4, -0.2) is 37.2 Å². The van der Waals surface area contributed by atoms with Crippen LogP contribution in [0.25, 0.3) is 0 Å². The topological polar surface area (TPSA) is 78.9 Å². The van der Waals surface area contributed by atoms with E-state index >= 15 is 0 Å². The highest BCUT2D eigenvalue weighted by Crippen LogP contribution is 2.15. The van der Waals surface area contributed by atoms with Gasteiger partial charge in [-0.05, 0) is 109 Å². The molecule has 0 aliphatic carbocycles. The number of rotatable bonds is 55. The summed E-state index contributed by atoms with van der Waals surface area (Å²) in [6.07, 6.45) is 86.2. The van der Waals surface area contributed by atoms with Crippen LogP contribution in [0.4, 0.5) is 0 Å². The van der Waals surface area contributed by atoms with Crippen LogP contribution in [0.3, 0.4) is 0 Å². The number of esters is 3. The molecule has 0 aromatic rings. The molecule has 75 heavy (non-hydrogen) atoms. The summed E-state index contributed by atoms with van der Waals surface area (Å²) >= 11 is 0.